The number of benzene rings is 1. The van der Waals surface area contributed by atoms with Gasteiger partial charge in [-0.05, 0) is 25.0 Å². The van der Waals surface area contributed by atoms with Crippen LogP contribution in [-0.4, -0.2) is 20.8 Å². The zero-order chi connectivity index (χ0) is 15.4. The van der Waals surface area contributed by atoms with Gasteiger partial charge in [-0.2, -0.15) is 0 Å². The first kappa shape index (κ1) is 17.2. The molecule has 1 aromatic carbocycles. The van der Waals surface area contributed by atoms with E-state index in [1.54, 1.807) is 0 Å². The summed E-state index contributed by atoms with van der Waals surface area (Å²) in [7, 11) is -3.59. The SMILES string of the molecule is CCC(CC)(COc1ccc(F)c(Cl)c1)CS(N)(=O)=O. The highest BCUT2D eigenvalue weighted by Crippen LogP contribution is 2.30. The first-order chi connectivity index (χ1) is 9.21. The van der Waals surface area contributed by atoms with Gasteiger partial charge in [0.25, 0.3) is 0 Å². The van der Waals surface area contributed by atoms with Crippen molar-refractivity contribution in [1.82, 2.24) is 0 Å². The van der Waals surface area contributed by atoms with Gasteiger partial charge in [0.05, 0.1) is 17.4 Å². The molecule has 0 aromatic heterocycles. The van der Waals surface area contributed by atoms with Crippen LogP contribution >= 0.6 is 11.6 Å². The molecule has 0 radical (unpaired) electrons. The highest BCUT2D eigenvalue weighted by molar-refractivity contribution is 7.89. The molecular weight excluding hydrogens is 305 g/mol. The topological polar surface area (TPSA) is 69.4 Å². The van der Waals surface area contributed by atoms with Gasteiger partial charge in [0.2, 0.25) is 10.0 Å². The number of primary sulfonamides is 1. The van der Waals surface area contributed by atoms with Crippen LogP contribution in [0.3, 0.4) is 0 Å². The summed E-state index contributed by atoms with van der Waals surface area (Å²) < 4.78 is 41.3. The average molecular weight is 324 g/mol. The van der Waals surface area contributed by atoms with E-state index in [2.05, 4.69) is 0 Å². The lowest BCUT2D eigenvalue weighted by atomic mass is 9.85. The second kappa shape index (κ2) is 6.74. The smallest absolute Gasteiger partial charge is 0.209 e. The third kappa shape index (κ3) is 4.92. The van der Waals surface area contributed by atoms with E-state index in [-0.39, 0.29) is 17.4 Å². The van der Waals surface area contributed by atoms with Crippen molar-refractivity contribution in [2.45, 2.75) is 26.7 Å². The number of halogens is 2. The molecule has 0 saturated carbocycles. The van der Waals surface area contributed by atoms with Crippen molar-refractivity contribution in [2.75, 3.05) is 12.4 Å². The van der Waals surface area contributed by atoms with Gasteiger partial charge in [-0.25, -0.2) is 17.9 Å². The van der Waals surface area contributed by atoms with Gasteiger partial charge in [-0.3, -0.25) is 0 Å². The van der Waals surface area contributed by atoms with Crippen LogP contribution in [0.2, 0.25) is 5.02 Å². The first-order valence-corrected chi connectivity index (χ1v) is 8.39. The molecule has 0 heterocycles. The van der Waals surface area contributed by atoms with Crippen LogP contribution in [0, 0.1) is 11.2 Å². The predicted molar refractivity (Wildman–Crippen MR) is 77.9 cm³/mol. The van der Waals surface area contributed by atoms with Crippen molar-refractivity contribution >= 4 is 21.6 Å². The standard InChI is InChI=1S/C13H19ClFNO3S/c1-3-13(4-2,9-20(16,17)18)8-19-10-5-6-12(15)11(14)7-10/h5-7H,3-4,8-9H2,1-2H3,(H2,16,17,18). The Kier molecular flexibility index (Phi) is 5.79. The van der Waals surface area contributed by atoms with Crippen molar-refractivity contribution in [3.63, 3.8) is 0 Å². The van der Waals surface area contributed by atoms with Gasteiger partial charge < -0.3 is 4.74 Å². The number of rotatable bonds is 7. The maximum atomic E-state index is 13.0. The van der Waals surface area contributed by atoms with E-state index in [0.717, 1.165) is 0 Å². The number of hydrogen-bond donors (Lipinski definition) is 1. The minimum Gasteiger partial charge on any atom is -0.493 e. The summed E-state index contributed by atoms with van der Waals surface area (Å²) in [5.74, 6) is -0.278. The second-order valence-corrected chi connectivity index (χ2v) is 6.90. The normalized spacial score (nSPS) is 12.4. The lowest BCUT2D eigenvalue weighted by Gasteiger charge is -2.30. The molecular formula is C13H19ClFNO3S. The van der Waals surface area contributed by atoms with E-state index < -0.39 is 21.3 Å². The van der Waals surface area contributed by atoms with Gasteiger partial charge in [-0.15, -0.1) is 0 Å². The van der Waals surface area contributed by atoms with Crippen molar-refractivity contribution in [1.29, 1.82) is 0 Å². The Morgan fingerprint density at radius 1 is 1.35 bits per heavy atom. The van der Waals surface area contributed by atoms with Crippen LogP contribution in [0.4, 0.5) is 4.39 Å². The Labute approximate surface area is 124 Å². The number of hydrogen-bond acceptors (Lipinski definition) is 3. The Morgan fingerprint density at radius 3 is 2.40 bits per heavy atom. The van der Waals surface area contributed by atoms with Gasteiger partial charge >= 0.3 is 0 Å². The van der Waals surface area contributed by atoms with Gasteiger partial charge in [0.1, 0.15) is 11.6 Å². The fourth-order valence-electron chi connectivity index (χ4n) is 1.93. The molecule has 0 aliphatic heterocycles. The summed E-state index contributed by atoms with van der Waals surface area (Å²) in [6.45, 7) is 3.95. The zero-order valence-corrected chi connectivity index (χ0v) is 13.1. The highest BCUT2D eigenvalue weighted by atomic mass is 35.5. The predicted octanol–water partition coefficient (Wildman–Crippen LogP) is 2.95. The molecule has 0 aliphatic carbocycles. The van der Waals surface area contributed by atoms with E-state index in [0.29, 0.717) is 18.6 Å². The third-order valence-corrected chi connectivity index (χ3v) is 4.75. The van der Waals surface area contributed by atoms with E-state index in [1.165, 1.54) is 18.2 Å². The van der Waals surface area contributed by atoms with Crippen molar-refractivity contribution in [3.8, 4) is 5.75 Å². The summed E-state index contributed by atoms with van der Waals surface area (Å²) in [5.41, 5.74) is -0.561. The molecule has 20 heavy (non-hydrogen) atoms. The second-order valence-electron chi connectivity index (χ2n) is 4.88. The molecule has 1 aromatic rings. The Bertz CT molecular complexity index is 559. The molecule has 0 spiro atoms. The van der Waals surface area contributed by atoms with E-state index >= 15 is 0 Å². The first-order valence-electron chi connectivity index (χ1n) is 6.29. The minimum atomic E-state index is -3.59. The van der Waals surface area contributed by atoms with Crippen LogP contribution in [0.25, 0.3) is 0 Å². The molecule has 7 heteroatoms. The molecule has 0 aliphatic rings. The lowest BCUT2D eigenvalue weighted by molar-refractivity contribution is 0.154. The van der Waals surface area contributed by atoms with E-state index in [1.807, 2.05) is 13.8 Å². The fraction of sp³-hybridized carbons (Fsp3) is 0.538. The molecule has 0 saturated heterocycles. The zero-order valence-electron chi connectivity index (χ0n) is 11.5. The van der Waals surface area contributed by atoms with Crippen LogP contribution in [0.5, 0.6) is 5.75 Å². The summed E-state index contributed by atoms with van der Waals surface area (Å²) in [6.07, 6.45) is 1.21. The Morgan fingerprint density at radius 2 is 1.95 bits per heavy atom. The van der Waals surface area contributed by atoms with Crippen molar-refractivity contribution < 1.29 is 17.5 Å². The number of ether oxygens (including phenoxy) is 1. The molecule has 114 valence electrons. The van der Waals surface area contributed by atoms with Gasteiger partial charge in [-0.1, -0.05) is 25.4 Å². The summed E-state index contributed by atoms with van der Waals surface area (Å²) in [6, 6.07) is 4.02. The number of sulfonamides is 1. The maximum absolute atomic E-state index is 13.0. The number of nitrogens with two attached hydrogens (primary N) is 1. The molecule has 0 unspecified atom stereocenters. The molecule has 0 bridgehead atoms. The molecule has 0 amide bonds. The fourth-order valence-corrected chi connectivity index (χ4v) is 3.45. The third-order valence-electron chi connectivity index (χ3n) is 3.44. The summed E-state index contributed by atoms with van der Waals surface area (Å²) in [5, 5.41) is 5.10. The monoisotopic (exact) mass is 323 g/mol. The van der Waals surface area contributed by atoms with E-state index in [9.17, 15) is 12.8 Å². The van der Waals surface area contributed by atoms with Gasteiger partial charge in [0.15, 0.2) is 0 Å². The summed E-state index contributed by atoms with van der Waals surface area (Å²) in [4.78, 5) is 0. The summed E-state index contributed by atoms with van der Waals surface area (Å²) >= 11 is 5.67. The molecule has 4 nitrogen and oxygen atoms in total. The van der Waals surface area contributed by atoms with Crippen LogP contribution in [0.15, 0.2) is 18.2 Å². The van der Waals surface area contributed by atoms with E-state index in [4.69, 9.17) is 21.5 Å². The minimum absolute atomic E-state index is 0.0347. The van der Waals surface area contributed by atoms with Crippen LogP contribution in [0.1, 0.15) is 26.7 Å². The van der Waals surface area contributed by atoms with Crippen molar-refractivity contribution in [3.05, 3.63) is 29.0 Å². The van der Waals surface area contributed by atoms with Gasteiger partial charge in [0, 0.05) is 11.5 Å². The Hall–Kier alpha value is -0.850. The quantitative estimate of drug-likeness (QED) is 0.838. The molecule has 0 atom stereocenters. The molecule has 1 rings (SSSR count). The van der Waals surface area contributed by atoms with Crippen molar-refractivity contribution in [2.24, 2.45) is 10.6 Å². The van der Waals surface area contributed by atoms with Crippen LogP contribution in [-0.2, 0) is 10.0 Å². The Balaban J connectivity index is 2.83. The lowest BCUT2D eigenvalue weighted by Crippen LogP contribution is -2.37. The average Bonchev–Trinajstić information content (AvgIpc) is 2.37. The molecule has 2 N–H and O–H groups in total. The molecule has 0 fully saturated rings. The van der Waals surface area contributed by atoms with Crippen LogP contribution < -0.4 is 9.88 Å². The largest absolute Gasteiger partial charge is 0.493 e. The maximum Gasteiger partial charge on any atom is 0.209 e. The highest BCUT2D eigenvalue weighted by Gasteiger charge is 2.32.